The molecule has 0 saturated heterocycles. The second-order valence-electron chi connectivity index (χ2n) is 8.38. The van der Waals surface area contributed by atoms with E-state index in [0.29, 0.717) is 5.69 Å². The van der Waals surface area contributed by atoms with Crippen LogP contribution in [0.4, 0.5) is 5.69 Å². The molecule has 0 bridgehead atoms. The third-order valence-electron chi connectivity index (χ3n) is 5.44. The molecule has 0 radical (unpaired) electrons. The van der Waals surface area contributed by atoms with E-state index in [1.165, 1.54) is 89.9 Å². The molecule has 0 amide bonds. The first-order valence-electron chi connectivity index (χ1n) is 12.4. The zero-order valence-corrected chi connectivity index (χ0v) is 19.4. The molecule has 0 aliphatic carbocycles. The predicted molar refractivity (Wildman–Crippen MR) is 127 cm³/mol. The summed E-state index contributed by atoms with van der Waals surface area (Å²) in [6.07, 6.45) is 21.0. The quantitative estimate of drug-likeness (QED) is 0.175. The second-order valence-corrected chi connectivity index (χ2v) is 8.38. The van der Waals surface area contributed by atoms with Crippen molar-refractivity contribution >= 4 is 5.69 Å². The Morgan fingerprint density at radius 3 is 1.24 bits per heavy atom. The van der Waals surface area contributed by atoms with Crippen LogP contribution in [0.5, 0.6) is 11.5 Å². The Bertz CT molecular complexity index is 449. The van der Waals surface area contributed by atoms with E-state index in [1.807, 2.05) is 18.2 Å². The van der Waals surface area contributed by atoms with Gasteiger partial charge in [-0.15, -0.1) is 0 Å². The van der Waals surface area contributed by atoms with Crippen molar-refractivity contribution in [3.8, 4) is 11.5 Å². The summed E-state index contributed by atoms with van der Waals surface area (Å²) in [5.74, 6) is 1.66. The van der Waals surface area contributed by atoms with Crippen LogP contribution < -0.4 is 15.2 Å². The number of benzene rings is 1. The number of ether oxygens (including phenoxy) is 2. The van der Waals surface area contributed by atoms with Crippen LogP contribution in [0, 0.1) is 0 Å². The van der Waals surface area contributed by atoms with Crippen molar-refractivity contribution in [2.45, 2.75) is 117 Å². The summed E-state index contributed by atoms with van der Waals surface area (Å²) in [4.78, 5) is 0. The minimum Gasteiger partial charge on any atom is -0.493 e. The fourth-order valence-electron chi connectivity index (χ4n) is 3.61. The van der Waals surface area contributed by atoms with E-state index >= 15 is 0 Å². The molecule has 0 saturated carbocycles. The molecule has 0 atom stereocenters. The number of nitrogen functional groups attached to an aromatic ring is 1. The van der Waals surface area contributed by atoms with Gasteiger partial charge in [0.2, 0.25) is 0 Å². The molecule has 3 heteroatoms. The van der Waals surface area contributed by atoms with E-state index in [4.69, 9.17) is 15.2 Å². The molecule has 0 aliphatic heterocycles. The van der Waals surface area contributed by atoms with Crippen LogP contribution in [0.3, 0.4) is 0 Å². The Morgan fingerprint density at radius 2 is 0.862 bits per heavy atom. The summed E-state index contributed by atoms with van der Waals surface area (Å²) in [5, 5.41) is 0. The van der Waals surface area contributed by atoms with Gasteiger partial charge in [0.05, 0.1) is 13.2 Å². The Balaban J connectivity index is 2.09. The van der Waals surface area contributed by atoms with Crippen LogP contribution in [-0.4, -0.2) is 13.2 Å². The number of rotatable bonds is 20. The smallest absolute Gasteiger partial charge is 0.125 e. The number of nitrogens with two attached hydrogens (primary N) is 1. The molecule has 0 unspecified atom stereocenters. The van der Waals surface area contributed by atoms with Gasteiger partial charge in [0.1, 0.15) is 11.5 Å². The molecular formula is C26H47NO2. The first-order valence-corrected chi connectivity index (χ1v) is 12.4. The van der Waals surface area contributed by atoms with E-state index in [1.54, 1.807) is 0 Å². The zero-order valence-electron chi connectivity index (χ0n) is 19.4. The van der Waals surface area contributed by atoms with Crippen LogP contribution >= 0.6 is 0 Å². The van der Waals surface area contributed by atoms with Crippen molar-refractivity contribution in [1.29, 1.82) is 0 Å². The SMILES string of the molecule is CCCCCCCCCCOc1cc(N)cc(OCCCCCCCCCC)c1. The first kappa shape index (κ1) is 25.7. The maximum atomic E-state index is 6.02. The molecule has 3 nitrogen and oxygen atoms in total. The Labute approximate surface area is 180 Å². The second kappa shape index (κ2) is 18.6. The molecule has 0 heterocycles. The molecular weight excluding hydrogens is 358 g/mol. The third-order valence-corrected chi connectivity index (χ3v) is 5.44. The van der Waals surface area contributed by atoms with Gasteiger partial charge in [-0.2, -0.15) is 0 Å². The van der Waals surface area contributed by atoms with E-state index in [-0.39, 0.29) is 0 Å². The molecule has 1 rings (SSSR count). The van der Waals surface area contributed by atoms with Crippen LogP contribution in [0.25, 0.3) is 0 Å². The predicted octanol–water partition coefficient (Wildman–Crippen LogP) is 8.31. The summed E-state index contributed by atoms with van der Waals surface area (Å²) in [5.41, 5.74) is 6.73. The van der Waals surface area contributed by atoms with Crippen molar-refractivity contribution in [3.63, 3.8) is 0 Å². The fraction of sp³-hybridized carbons (Fsp3) is 0.769. The van der Waals surface area contributed by atoms with Gasteiger partial charge < -0.3 is 15.2 Å². The summed E-state index contributed by atoms with van der Waals surface area (Å²) < 4.78 is 11.8. The highest BCUT2D eigenvalue weighted by Crippen LogP contribution is 2.25. The minimum atomic E-state index is 0.712. The Kier molecular flexibility index (Phi) is 16.5. The van der Waals surface area contributed by atoms with Crippen LogP contribution in [0.15, 0.2) is 18.2 Å². The van der Waals surface area contributed by atoms with E-state index in [0.717, 1.165) is 37.6 Å². The molecule has 0 aromatic heterocycles. The van der Waals surface area contributed by atoms with Gasteiger partial charge >= 0.3 is 0 Å². The Hall–Kier alpha value is -1.38. The average molecular weight is 406 g/mol. The van der Waals surface area contributed by atoms with Gasteiger partial charge in [-0.1, -0.05) is 104 Å². The van der Waals surface area contributed by atoms with Gasteiger partial charge in [0, 0.05) is 23.9 Å². The average Bonchev–Trinajstić information content (AvgIpc) is 2.71. The zero-order chi connectivity index (χ0) is 21.0. The van der Waals surface area contributed by atoms with E-state index in [9.17, 15) is 0 Å². The topological polar surface area (TPSA) is 44.5 Å². The van der Waals surface area contributed by atoms with Crippen molar-refractivity contribution in [2.75, 3.05) is 18.9 Å². The lowest BCUT2D eigenvalue weighted by Crippen LogP contribution is -2.01. The standard InChI is InChI=1S/C26H47NO2/c1-3-5-7-9-11-13-15-17-19-28-25-21-24(27)22-26(23-25)29-20-18-16-14-12-10-8-6-4-2/h21-23H,3-20,27H2,1-2H3. The Morgan fingerprint density at radius 1 is 0.517 bits per heavy atom. The van der Waals surface area contributed by atoms with Crippen LogP contribution in [0.2, 0.25) is 0 Å². The van der Waals surface area contributed by atoms with Crippen molar-refractivity contribution in [3.05, 3.63) is 18.2 Å². The normalized spacial score (nSPS) is 11.0. The molecule has 29 heavy (non-hydrogen) atoms. The number of unbranched alkanes of at least 4 members (excludes halogenated alkanes) is 14. The van der Waals surface area contributed by atoms with Crippen molar-refractivity contribution < 1.29 is 9.47 Å². The summed E-state index contributed by atoms with van der Waals surface area (Å²) >= 11 is 0. The van der Waals surface area contributed by atoms with Crippen LogP contribution in [-0.2, 0) is 0 Å². The number of anilines is 1. The van der Waals surface area contributed by atoms with Crippen molar-refractivity contribution in [1.82, 2.24) is 0 Å². The molecule has 2 N–H and O–H groups in total. The molecule has 1 aromatic carbocycles. The van der Waals surface area contributed by atoms with E-state index in [2.05, 4.69) is 13.8 Å². The molecule has 168 valence electrons. The maximum absolute atomic E-state index is 6.02. The molecule has 0 aliphatic rings. The fourth-order valence-corrected chi connectivity index (χ4v) is 3.61. The molecule has 0 fully saturated rings. The van der Waals surface area contributed by atoms with Gasteiger partial charge in [-0.05, 0) is 12.8 Å². The summed E-state index contributed by atoms with van der Waals surface area (Å²) in [6.45, 7) is 6.05. The molecule has 1 aromatic rings. The van der Waals surface area contributed by atoms with E-state index < -0.39 is 0 Å². The first-order chi connectivity index (χ1) is 14.3. The van der Waals surface area contributed by atoms with Crippen LogP contribution in [0.1, 0.15) is 117 Å². The number of hydrogen-bond donors (Lipinski definition) is 1. The van der Waals surface area contributed by atoms with Gasteiger partial charge in [0.15, 0.2) is 0 Å². The largest absolute Gasteiger partial charge is 0.493 e. The lowest BCUT2D eigenvalue weighted by atomic mass is 10.1. The highest BCUT2D eigenvalue weighted by Gasteiger charge is 2.02. The maximum Gasteiger partial charge on any atom is 0.125 e. The monoisotopic (exact) mass is 405 g/mol. The van der Waals surface area contributed by atoms with Gasteiger partial charge in [-0.3, -0.25) is 0 Å². The van der Waals surface area contributed by atoms with Gasteiger partial charge in [-0.25, -0.2) is 0 Å². The highest BCUT2D eigenvalue weighted by molar-refractivity contribution is 5.50. The van der Waals surface area contributed by atoms with Crippen molar-refractivity contribution in [2.24, 2.45) is 0 Å². The lowest BCUT2D eigenvalue weighted by molar-refractivity contribution is 0.290. The minimum absolute atomic E-state index is 0.712. The summed E-state index contributed by atoms with van der Waals surface area (Å²) in [7, 11) is 0. The third kappa shape index (κ3) is 15.2. The summed E-state index contributed by atoms with van der Waals surface area (Å²) in [6, 6.07) is 5.77. The highest BCUT2D eigenvalue weighted by atomic mass is 16.5. The van der Waals surface area contributed by atoms with Gasteiger partial charge in [0.25, 0.3) is 0 Å². The number of hydrogen-bond acceptors (Lipinski definition) is 3. The lowest BCUT2D eigenvalue weighted by Gasteiger charge is -2.11. The molecule has 0 spiro atoms.